The lowest BCUT2D eigenvalue weighted by molar-refractivity contribution is -0.118. The molecule has 4 rings (SSSR count). The molecule has 126 valence electrons. The fourth-order valence-corrected chi connectivity index (χ4v) is 4.42. The van der Waals surface area contributed by atoms with Crippen LogP contribution in [0.15, 0.2) is 29.6 Å². The average molecular weight is 348 g/mol. The van der Waals surface area contributed by atoms with E-state index in [1.165, 1.54) is 23.3 Å². The molecule has 2 aromatic rings. The third kappa shape index (κ3) is 3.08. The Labute approximate surface area is 143 Å². The van der Waals surface area contributed by atoms with Crippen LogP contribution in [0.5, 0.6) is 0 Å². The molecule has 0 saturated heterocycles. The normalized spacial score (nSPS) is 20.7. The Kier molecular flexibility index (Phi) is 4.10. The fraction of sp³-hybridized carbons (Fsp3) is 0.389. The van der Waals surface area contributed by atoms with Gasteiger partial charge in [0.25, 0.3) is 0 Å². The average Bonchev–Trinajstić information content (AvgIpc) is 3.27. The smallest absolute Gasteiger partial charge is 0.238 e. The van der Waals surface area contributed by atoms with Crippen molar-refractivity contribution in [1.29, 1.82) is 0 Å². The van der Waals surface area contributed by atoms with Gasteiger partial charge in [-0.15, -0.1) is 11.3 Å². The lowest BCUT2D eigenvalue weighted by atomic mass is 9.96. The molecule has 0 unspecified atom stereocenters. The zero-order valence-corrected chi connectivity index (χ0v) is 13.9. The minimum Gasteiger partial charge on any atom is -0.322 e. The van der Waals surface area contributed by atoms with Crippen LogP contribution in [-0.2, 0) is 11.2 Å². The Hall–Kier alpha value is -1.79. The highest BCUT2D eigenvalue weighted by Gasteiger charge is 2.40. The van der Waals surface area contributed by atoms with Crippen molar-refractivity contribution >= 4 is 22.9 Å². The maximum Gasteiger partial charge on any atom is 0.238 e. The molecule has 0 spiro atoms. The van der Waals surface area contributed by atoms with Crippen LogP contribution in [0.2, 0.25) is 0 Å². The summed E-state index contributed by atoms with van der Waals surface area (Å²) in [6, 6.07) is 5.52. The minimum absolute atomic E-state index is 0.101. The molecule has 1 saturated carbocycles. The molecule has 2 heterocycles. The molecule has 2 aliphatic rings. The van der Waals surface area contributed by atoms with Crippen molar-refractivity contribution in [3.8, 4) is 0 Å². The SMILES string of the molecule is O=C(CN1CCc2sccc2[C@@H]1C1CC1)Nc1cc(F)ccc1F. The minimum atomic E-state index is -0.623. The van der Waals surface area contributed by atoms with E-state index < -0.39 is 11.6 Å². The monoisotopic (exact) mass is 348 g/mol. The number of nitrogens with one attached hydrogen (secondary N) is 1. The first-order valence-electron chi connectivity index (χ1n) is 8.17. The van der Waals surface area contributed by atoms with Crippen LogP contribution in [0.4, 0.5) is 14.5 Å². The Balaban J connectivity index is 1.48. The first kappa shape index (κ1) is 15.7. The van der Waals surface area contributed by atoms with Crippen LogP contribution in [0.3, 0.4) is 0 Å². The third-order valence-electron chi connectivity index (χ3n) is 4.74. The van der Waals surface area contributed by atoms with Gasteiger partial charge in [-0.05, 0) is 54.3 Å². The van der Waals surface area contributed by atoms with Crippen LogP contribution in [0, 0.1) is 17.6 Å². The van der Waals surface area contributed by atoms with Crippen molar-refractivity contribution in [3.63, 3.8) is 0 Å². The number of rotatable bonds is 4. The number of hydrogen-bond donors (Lipinski definition) is 1. The molecule has 1 amide bonds. The predicted octanol–water partition coefficient (Wildman–Crippen LogP) is 3.97. The van der Waals surface area contributed by atoms with E-state index in [0.717, 1.165) is 31.2 Å². The highest BCUT2D eigenvalue weighted by molar-refractivity contribution is 7.10. The first-order valence-corrected chi connectivity index (χ1v) is 9.05. The number of carbonyl (C=O) groups is 1. The molecule has 1 aliphatic heterocycles. The Bertz CT molecular complexity index is 772. The van der Waals surface area contributed by atoms with Crippen molar-refractivity contribution in [2.75, 3.05) is 18.4 Å². The van der Waals surface area contributed by atoms with Gasteiger partial charge in [0.1, 0.15) is 11.6 Å². The molecule has 0 bridgehead atoms. The number of fused-ring (bicyclic) bond motifs is 1. The quantitative estimate of drug-likeness (QED) is 0.907. The highest BCUT2D eigenvalue weighted by atomic mass is 32.1. The summed E-state index contributed by atoms with van der Waals surface area (Å²) in [7, 11) is 0. The lowest BCUT2D eigenvalue weighted by Crippen LogP contribution is -2.41. The number of hydrogen-bond acceptors (Lipinski definition) is 3. The van der Waals surface area contributed by atoms with Crippen molar-refractivity contribution in [2.24, 2.45) is 5.92 Å². The Morgan fingerprint density at radius 1 is 1.29 bits per heavy atom. The maximum atomic E-state index is 13.7. The van der Waals surface area contributed by atoms with Crippen molar-refractivity contribution in [2.45, 2.75) is 25.3 Å². The van der Waals surface area contributed by atoms with E-state index in [4.69, 9.17) is 0 Å². The van der Waals surface area contributed by atoms with Crippen molar-refractivity contribution in [1.82, 2.24) is 4.90 Å². The van der Waals surface area contributed by atoms with Crippen LogP contribution < -0.4 is 5.32 Å². The van der Waals surface area contributed by atoms with E-state index >= 15 is 0 Å². The van der Waals surface area contributed by atoms with Crippen LogP contribution in [0.25, 0.3) is 0 Å². The molecule has 1 atom stereocenters. The second-order valence-electron chi connectivity index (χ2n) is 6.47. The molecule has 6 heteroatoms. The van der Waals surface area contributed by atoms with Gasteiger partial charge in [0, 0.05) is 23.5 Å². The number of nitrogens with zero attached hydrogens (tertiary/aromatic N) is 1. The van der Waals surface area contributed by atoms with Gasteiger partial charge in [-0.2, -0.15) is 0 Å². The zero-order valence-electron chi connectivity index (χ0n) is 13.1. The number of carbonyl (C=O) groups excluding carboxylic acids is 1. The zero-order chi connectivity index (χ0) is 16.7. The number of thiophene rings is 1. The molecule has 1 aromatic carbocycles. The number of halogens is 2. The van der Waals surface area contributed by atoms with Gasteiger partial charge in [-0.3, -0.25) is 9.69 Å². The van der Waals surface area contributed by atoms with Gasteiger partial charge in [0.2, 0.25) is 5.91 Å². The lowest BCUT2D eigenvalue weighted by Gasteiger charge is -2.35. The third-order valence-corrected chi connectivity index (χ3v) is 5.73. The number of anilines is 1. The summed E-state index contributed by atoms with van der Waals surface area (Å²) in [5.41, 5.74) is 1.25. The van der Waals surface area contributed by atoms with Crippen molar-refractivity contribution in [3.05, 3.63) is 51.7 Å². The summed E-state index contributed by atoms with van der Waals surface area (Å²) in [5.74, 6) is -0.883. The van der Waals surface area contributed by atoms with Crippen LogP contribution in [-0.4, -0.2) is 23.9 Å². The largest absolute Gasteiger partial charge is 0.322 e. The van der Waals surface area contributed by atoms with Gasteiger partial charge < -0.3 is 5.32 Å². The summed E-state index contributed by atoms with van der Waals surface area (Å²) in [6.07, 6.45) is 3.32. The molecule has 1 aromatic heterocycles. The van der Waals surface area contributed by atoms with E-state index in [1.54, 1.807) is 11.3 Å². The van der Waals surface area contributed by atoms with Gasteiger partial charge >= 0.3 is 0 Å². The second kappa shape index (κ2) is 6.26. The molecule has 1 N–H and O–H groups in total. The summed E-state index contributed by atoms with van der Waals surface area (Å²) in [5, 5.41) is 4.62. The Morgan fingerprint density at radius 3 is 2.92 bits per heavy atom. The van der Waals surface area contributed by atoms with E-state index in [9.17, 15) is 13.6 Å². The van der Waals surface area contributed by atoms with Gasteiger partial charge in [-0.1, -0.05) is 0 Å². The van der Waals surface area contributed by atoms with E-state index in [2.05, 4.69) is 21.7 Å². The maximum absolute atomic E-state index is 13.7. The molecule has 1 aliphatic carbocycles. The van der Waals surface area contributed by atoms with Gasteiger partial charge in [0.15, 0.2) is 0 Å². The molecule has 24 heavy (non-hydrogen) atoms. The van der Waals surface area contributed by atoms with Crippen LogP contribution in [0.1, 0.15) is 29.3 Å². The number of benzene rings is 1. The summed E-state index contributed by atoms with van der Waals surface area (Å²) in [4.78, 5) is 15.9. The summed E-state index contributed by atoms with van der Waals surface area (Å²) in [6.45, 7) is 1.03. The van der Waals surface area contributed by atoms with Gasteiger partial charge in [0.05, 0.1) is 12.2 Å². The van der Waals surface area contributed by atoms with Gasteiger partial charge in [-0.25, -0.2) is 8.78 Å². The molecule has 0 radical (unpaired) electrons. The molecular formula is C18H18F2N2OS. The van der Waals surface area contributed by atoms with E-state index in [1.807, 2.05) is 0 Å². The first-order chi connectivity index (χ1) is 11.6. The molecule has 1 fully saturated rings. The summed E-state index contributed by atoms with van der Waals surface area (Å²) >= 11 is 1.78. The molecular weight excluding hydrogens is 330 g/mol. The predicted molar refractivity (Wildman–Crippen MR) is 90.0 cm³/mol. The van der Waals surface area contributed by atoms with Crippen molar-refractivity contribution < 1.29 is 13.6 Å². The fourth-order valence-electron chi connectivity index (χ4n) is 3.51. The van der Waals surface area contributed by atoms with Crippen LogP contribution >= 0.6 is 11.3 Å². The summed E-state index contributed by atoms with van der Waals surface area (Å²) < 4.78 is 26.9. The highest BCUT2D eigenvalue weighted by Crippen LogP contribution is 2.48. The number of amides is 1. The van der Waals surface area contributed by atoms with E-state index in [0.29, 0.717) is 5.92 Å². The van der Waals surface area contributed by atoms with E-state index in [-0.39, 0.29) is 24.2 Å². The molecule has 3 nitrogen and oxygen atoms in total. The Morgan fingerprint density at radius 2 is 2.12 bits per heavy atom. The topological polar surface area (TPSA) is 32.3 Å². The standard InChI is InChI=1S/C18H18F2N2OS/c19-12-3-4-14(20)15(9-12)21-17(23)10-22-7-5-16-13(6-8-24-16)18(22)11-1-2-11/h3-4,6,8-9,11,18H,1-2,5,7,10H2,(H,21,23)/t18-/m0/s1. The second-order valence-corrected chi connectivity index (χ2v) is 7.47.